The van der Waals surface area contributed by atoms with E-state index in [0.717, 1.165) is 11.2 Å². The summed E-state index contributed by atoms with van der Waals surface area (Å²) in [4.78, 5) is 39.5. The predicted octanol–water partition coefficient (Wildman–Crippen LogP) is 4.67. The third kappa shape index (κ3) is 9.52. The molecule has 1 fully saturated rings. The van der Waals surface area contributed by atoms with Crippen molar-refractivity contribution in [2.75, 3.05) is 19.3 Å². The molecule has 2 aromatic carbocycles. The Labute approximate surface area is 250 Å². The summed E-state index contributed by atoms with van der Waals surface area (Å²) in [6.45, 7) is 8.12. The number of nitrogens with one attached hydrogen (secondary N) is 2. The van der Waals surface area contributed by atoms with Gasteiger partial charge in [-0.1, -0.05) is 50.2 Å². The highest BCUT2D eigenvalue weighted by Gasteiger charge is 2.44. The number of benzene rings is 2. The largest absolute Gasteiger partial charge is 0.444 e. The lowest BCUT2D eigenvalue weighted by atomic mass is 9.97. The van der Waals surface area contributed by atoms with Crippen LogP contribution in [0.2, 0.25) is 0 Å². The summed E-state index contributed by atoms with van der Waals surface area (Å²) < 4.78 is 71.7. The van der Waals surface area contributed by atoms with Crippen LogP contribution in [0, 0.1) is 5.92 Å². The first-order valence-electron chi connectivity index (χ1n) is 13.8. The maximum Gasteiger partial charge on any atom is 0.410 e. The highest BCUT2D eigenvalue weighted by Crippen LogP contribution is 2.35. The van der Waals surface area contributed by atoms with Crippen molar-refractivity contribution in [3.63, 3.8) is 0 Å². The molecular formula is C30H38F3N3O6S. The van der Waals surface area contributed by atoms with Crippen LogP contribution >= 0.6 is 0 Å². The first kappa shape index (κ1) is 34.0. The fraction of sp³-hybridized carbons (Fsp3) is 0.500. The molecule has 13 heteroatoms. The molecule has 3 rings (SSSR count). The molecule has 1 heterocycles. The number of halogens is 3. The molecular weight excluding hydrogens is 587 g/mol. The number of carbonyl (C=O) groups is 3. The van der Waals surface area contributed by atoms with Crippen molar-refractivity contribution in [3.8, 4) is 11.1 Å². The van der Waals surface area contributed by atoms with Gasteiger partial charge in [-0.05, 0) is 61.9 Å². The van der Waals surface area contributed by atoms with Crippen molar-refractivity contribution >= 4 is 27.6 Å². The van der Waals surface area contributed by atoms with Gasteiger partial charge in [0.25, 0.3) is 0 Å². The summed E-state index contributed by atoms with van der Waals surface area (Å²) in [5, 5.41) is 4.98. The first-order chi connectivity index (χ1) is 19.7. The number of ketones is 1. The minimum Gasteiger partial charge on any atom is -0.444 e. The summed E-state index contributed by atoms with van der Waals surface area (Å²) in [7, 11) is -3.40. The van der Waals surface area contributed by atoms with Gasteiger partial charge >= 0.3 is 12.3 Å². The Balaban J connectivity index is 1.78. The normalized spacial score (nSPS) is 17.6. The minimum atomic E-state index is -4.76. The van der Waals surface area contributed by atoms with E-state index in [-0.39, 0.29) is 35.9 Å². The van der Waals surface area contributed by atoms with Crippen molar-refractivity contribution in [3.05, 3.63) is 54.1 Å². The number of alkyl halides is 3. The van der Waals surface area contributed by atoms with Crippen molar-refractivity contribution in [2.24, 2.45) is 5.92 Å². The van der Waals surface area contributed by atoms with Gasteiger partial charge in [0.05, 0.1) is 24.0 Å². The van der Waals surface area contributed by atoms with E-state index in [4.69, 9.17) is 4.74 Å². The molecule has 2 N–H and O–H groups in total. The number of hydrogen-bond donors (Lipinski definition) is 2. The van der Waals surface area contributed by atoms with Gasteiger partial charge in [-0.3, -0.25) is 19.8 Å². The molecule has 2 amide bonds. The monoisotopic (exact) mass is 625 g/mol. The zero-order chi connectivity index (χ0) is 32.3. The molecule has 3 atom stereocenters. The van der Waals surface area contributed by atoms with Crippen LogP contribution in [0.15, 0.2) is 53.4 Å². The smallest absolute Gasteiger partial charge is 0.410 e. The lowest BCUT2D eigenvalue weighted by Crippen LogP contribution is -2.53. The second-order valence-corrected chi connectivity index (χ2v) is 14.1. The van der Waals surface area contributed by atoms with E-state index in [1.165, 1.54) is 36.4 Å². The Bertz CT molecular complexity index is 1420. The lowest BCUT2D eigenvalue weighted by molar-refractivity contribution is -0.161. The number of rotatable bonds is 9. The van der Waals surface area contributed by atoms with E-state index in [0.29, 0.717) is 11.1 Å². The van der Waals surface area contributed by atoms with Crippen molar-refractivity contribution in [1.82, 2.24) is 15.5 Å². The van der Waals surface area contributed by atoms with E-state index < -0.39 is 57.5 Å². The molecule has 1 aliphatic heterocycles. The summed E-state index contributed by atoms with van der Waals surface area (Å²) >= 11 is 0. The van der Waals surface area contributed by atoms with Gasteiger partial charge in [0.15, 0.2) is 15.6 Å². The minimum absolute atomic E-state index is 0.0554. The highest BCUT2D eigenvalue weighted by atomic mass is 32.2. The number of likely N-dealkylation sites (tertiary alicyclic amines) is 1. The molecule has 236 valence electrons. The quantitative estimate of drug-likeness (QED) is 0.416. The fourth-order valence-corrected chi connectivity index (χ4v) is 5.25. The molecule has 0 saturated carbocycles. The molecule has 0 aromatic heterocycles. The zero-order valence-electron chi connectivity index (χ0n) is 25.0. The molecule has 1 unspecified atom stereocenters. The molecule has 2 aromatic rings. The van der Waals surface area contributed by atoms with Crippen molar-refractivity contribution in [1.29, 1.82) is 0 Å². The Morgan fingerprint density at radius 1 is 1.00 bits per heavy atom. The number of ether oxygens (including phenoxy) is 1. The molecule has 0 aliphatic carbocycles. The second-order valence-electron chi connectivity index (χ2n) is 12.1. The fourth-order valence-electron chi connectivity index (χ4n) is 4.61. The molecule has 1 aliphatic rings. The third-order valence-electron chi connectivity index (χ3n) is 6.69. The van der Waals surface area contributed by atoms with E-state index in [9.17, 15) is 36.0 Å². The summed E-state index contributed by atoms with van der Waals surface area (Å²) in [5.41, 5.74) is 0.282. The number of carbonyl (C=O) groups excluding carboxylic acids is 3. The van der Waals surface area contributed by atoms with Crippen LogP contribution in [0.25, 0.3) is 11.1 Å². The summed E-state index contributed by atoms with van der Waals surface area (Å²) in [6, 6.07) is 7.02. The van der Waals surface area contributed by atoms with E-state index >= 15 is 0 Å². The molecule has 0 bridgehead atoms. The number of sulfone groups is 1. The van der Waals surface area contributed by atoms with Gasteiger partial charge in [-0.2, -0.15) is 13.2 Å². The third-order valence-corrected chi connectivity index (χ3v) is 7.81. The van der Waals surface area contributed by atoms with Gasteiger partial charge in [-0.15, -0.1) is 0 Å². The topological polar surface area (TPSA) is 122 Å². The van der Waals surface area contributed by atoms with Gasteiger partial charge < -0.3 is 10.1 Å². The van der Waals surface area contributed by atoms with Gasteiger partial charge in [0.1, 0.15) is 17.7 Å². The van der Waals surface area contributed by atoms with Crippen molar-refractivity contribution in [2.45, 2.75) is 75.8 Å². The van der Waals surface area contributed by atoms with E-state index in [1.807, 2.05) is 0 Å². The molecule has 9 nitrogen and oxygen atoms in total. The van der Waals surface area contributed by atoms with Gasteiger partial charge in [-0.25, -0.2) is 13.2 Å². The standard InChI is InChI=1S/C30H38F3N3O6S/c1-18(2)15-23(27(38)35-24-16-36(17-25(24)37)28(39)42-29(3,4)5)34-26(30(31,32)33)21-9-7-19(8-10-21)20-11-13-22(14-12-20)43(6,40)41/h7-14,18,23-24,26,34H,15-17H2,1-6H3,(H,35,38)/t23-,24?,26-/m0/s1. The summed E-state index contributed by atoms with van der Waals surface area (Å²) in [6.07, 6.45) is -4.34. The molecule has 1 saturated heterocycles. The number of hydrogen-bond acceptors (Lipinski definition) is 7. The lowest BCUT2D eigenvalue weighted by Gasteiger charge is -2.29. The zero-order valence-corrected chi connectivity index (χ0v) is 25.8. The second kappa shape index (κ2) is 13.0. The Kier molecular flexibility index (Phi) is 10.3. The molecule has 0 spiro atoms. The predicted molar refractivity (Wildman–Crippen MR) is 155 cm³/mol. The van der Waals surface area contributed by atoms with Crippen LogP contribution in [0.5, 0.6) is 0 Å². The Morgan fingerprint density at radius 3 is 2.00 bits per heavy atom. The first-order valence-corrected chi connectivity index (χ1v) is 15.7. The SMILES string of the molecule is CC(C)C[C@H](N[C@@H](c1ccc(-c2ccc(S(C)(=O)=O)cc2)cc1)C(F)(F)F)C(=O)NC1CN(C(=O)OC(C)(C)C)CC1=O. The van der Waals surface area contributed by atoms with Gasteiger partial charge in [0.2, 0.25) is 5.91 Å². The van der Waals surface area contributed by atoms with E-state index in [1.54, 1.807) is 46.8 Å². The molecule has 0 radical (unpaired) electrons. The number of nitrogens with zero attached hydrogens (tertiary/aromatic N) is 1. The number of amides is 2. The van der Waals surface area contributed by atoms with E-state index in [2.05, 4.69) is 10.6 Å². The van der Waals surface area contributed by atoms with Crippen LogP contribution < -0.4 is 10.6 Å². The average Bonchev–Trinajstić information content (AvgIpc) is 3.24. The van der Waals surface area contributed by atoms with Crippen LogP contribution in [0.3, 0.4) is 0 Å². The van der Waals surface area contributed by atoms with Crippen molar-refractivity contribution < 1.29 is 40.7 Å². The van der Waals surface area contributed by atoms with Crippen LogP contribution in [0.1, 0.15) is 52.6 Å². The average molecular weight is 626 g/mol. The maximum atomic E-state index is 14.3. The summed E-state index contributed by atoms with van der Waals surface area (Å²) in [5.74, 6) is -1.39. The number of Topliss-reactive ketones (excluding diaryl/α,β-unsaturated/α-hetero) is 1. The van der Waals surface area contributed by atoms with Crippen LogP contribution in [0.4, 0.5) is 18.0 Å². The molecule has 43 heavy (non-hydrogen) atoms. The maximum absolute atomic E-state index is 14.3. The van der Waals surface area contributed by atoms with Crippen LogP contribution in [-0.2, 0) is 24.2 Å². The van der Waals surface area contributed by atoms with Crippen LogP contribution in [-0.4, -0.2) is 74.3 Å². The Morgan fingerprint density at radius 2 is 1.53 bits per heavy atom. The van der Waals surface area contributed by atoms with Gasteiger partial charge in [0, 0.05) is 6.26 Å². The Hall–Kier alpha value is -3.45. The highest BCUT2D eigenvalue weighted by molar-refractivity contribution is 7.90.